The quantitative estimate of drug-likeness (QED) is 0.527. The van der Waals surface area contributed by atoms with Gasteiger partial charge < -0.3 is 10.3 Å². The maximum Gasteiger partial charge on any atom is 0.416 e. The maximum atomic E-state index is 13.4. The van der Waals surface area contributed by atoms with Crippen LogP contribution in [0.25, 0.3) is 10.9 Å². The van der Waals surface area contributed by atoms with Crippen LogP contribution in [-0.2, 0) is 22.7 Å². The number of H-pyrrole nitrogens is 1. The first-order valence-electron chi connectivity index (χ1n) is 10.8. The van der Waals surface area contributed by atoms with Crippen LogP contribution >= 0.6 is 0 Å². The summed E-state index contributed by atoms with van der Waals surface area (Å²) in [5.41, 5.74) is 0.905. The molecule has 5 rings (SSSR count). The first-order valence-corrected chi connectivity index (χ1v) is 12.2. The zero-order valence-corrected chi connectivity index (χ0v) is 18.4. The predicted octanol–water partition coefficient (Wildman–Crippen LogP) is 4.51. The minimum Gasteiger partial charge on any atom is -0.357 e. The molecule has 2 N–H and O–H groups in total. The molecule has 0 radical (unpaired) electrons. The second-order valence-electron chi connectivity index (χ2n) is 8.86. The van der Waals surface area contributed by atoms with Gasteiger partial charge in [0, 0.05) is 42.3 Å². The monoisotopic (exact) mass is 481 g/mol. The standard InChI is InChI=1S/C23H23F4N3O2S/c24-17-4-8-21-15(9-17)10-18(29-21)11-28-22-7-1-14-12-30(13-20(14)22)33(31,32)19-5-2-16(3-6-19)23(25,26)27/h2-6,8-10,14,20,22,28-29H,1,7,11-13H2/t14-,20+,22+/m1/s1. The molecule has 1 saturated heterocycles. The second-order valence-corrected chi connectivity index (χ2v) is 10.8. The number of hydrogen-bond donors (Lipinski definition) is 2. The van der Waals surface area contributed by atoms with Gasteiger partial charge in [0.15, 0.2) is 0 Å². The lowest BCUT2D eigenvalue weighted by Crippen LogP contribution is -2.36. The van der Waals surface area contributed by atoms with Gasteiger partial charge in [-0.1, -0.05) is 0 Å². The molecule has 1 aromatic heterocycles. The van der Waals surface area contributed by atoms with Crippen molar-refractivity contribution in [2.75, 3.05) is 13.1 Å². The van der Waals surface area contributed by atoms with Gasteiger partial charge in [-0.05, 0) is 73.2 Å². The maximum absolute atomic E-state index is 13.4. The van der Waals surface area contributed by atoms with Crippen LogP contribution in [0.2, 0.25) is 0 Å². The largest absolute Gasteiger partial charge is 0.416 e. The van der Waals surface area contributed by atoms with Crippen molar-refractivity contribution in [3.63, 3.8) is 0 Å². The van der Waals surface area contributed by atoms with Crippen LogP contribution in [0.15, 0.2) is 53.4 Å². The van der Waals surface area contributed by atoms with Crippen molar-refractivity contribution in [3.8, 4) is 0 Å². The minimum atomic E-state index is -4.51. The molecule has 1 saturated carbocycles. The van der Waals surface area contributed by atoms with Gasteiger partial charge in [-0.3, -0.25) is 0 Å². The van der Waals surface area contributed by atoms with E-state index in [0.717, 1.165) is 53.7 Å². The molecular formula is C23H23F4N3O2S. The summed E-state index contributed by atoms with van der Waals surface area (Å²) in [5, 5.41) is 4.31. The van der Waals surface area contributed by atoms with E-state index in [4.69, 9.17) is 0 Å². The van der Waals surface area contributed by atoms with Gasteiger partial charge in [0.2, 0.25) is 10.0 Å². The third-order valence-electron chi connectivity index (χ3n) is 6.84. The molecule has 0 spiro atoms. The van der Waals surface area contributed by atoms with Crippen LogP contribution in [0, 0.1) is 17.7 Å². The first-order chi connectivity index (χ1) is 15.6. The molecule has 0 amide bonds. The van der Waals surface area contributed by atoms with Gasteiger partial charge in [-0.15, -0.1) is 0 Å². The average Bonchev–Trinajstić information content (AvgIpc) is 3.45. The number of aromatic nitrogens is 1. The zero-order chi connectivity index (χ0) is 23.4. The van der Waals surface area contributed by atoms with Gasteiger partial charge in [0.25, 0.3) is 0 Å². The summed E-state index contributed by atoms with van der Waals surface area (Å²) < 4.78 is 79.3. The summed E-state index contributed by atoms with van der Waals surface area (Å²) in [7, 11) is -3.86. The van der Waals surface area contributed by atoms with E-state index in [9.17, 15) is 26.0 Å². The van der Waals surface area contributed by atoms with Crippen molar-refractivity contribution in [3.05, 3.63) is 65.6 Å². The number of aromatic amines is 1. The lowest BCUT2D eigenvalue weighted by molar-refractivity contribution is -0.137. The summed E-state index contributed by atoms with van der Waals surface area (Å²) in [6.07, 6.45) is -2.69. The van der Waals surface area contributed by atoms with Crippen LogP contribution in [0.3, 0.4) is 0 Å². The fourth-order valence-electron chi connectivity index (χ4n) is 5.14. The third-order valence-corrected chi connectivity index (χ3v) is 8.68. The molecule has 176 valence electrons. The molecule has 5 nitrogen and oxygen atoms in total. The van der Waals surface area contributed by atoms with Crippen molar-refractivity contribution in [2.45, 2.75) is 36.5 Å². The van der Waals surface area contributed by atoms with E-state index in [0.29, 0.717) is 19.6 Å². The van der Waals surface area contributed by atoms with Gasteiger partial charge in [0.05, 0.1) is 10.5 Å². The molecule has 2 aromatic carbocycles. The van der Waals surface area contributed by atoms with Crippen LogP contribution in [0.4, 0.5) is 17.6 Å². The Labute approximate surface area is 188 Å². The van der Waals surface area contributed by atoms with Crippen molar-refractivity contribution in [2.24, 2.45) is 11.8 Å². The summed E-state index contributed by atoms with van der Waals surface area (Å²) in [6, 6.07) is 10.3. The number of nitrogens with one attached hydrogen (secondary N) is 2. The summed E-state index contributed by atoms with van der Waals surface area (Å²) in [4.78, 5) is 3.14. The number of fused-ring (bicyclic) bond motifs is 2. The lowest BCUT2D eigenvalue weighted by Gasteiger charge is -2.22. The Hall–Kier alpha value is -2.43. The van der Waals surface area contributed by atoms with Crippen LogP contribution in [0.5, 0.6) is 0 Å². The first kappa shape index (κ1) is 22.4. The van der Waals surface area contributed by atoms with E-state index in [2.05, 4.69) is 10.3 Å². The molecule has 1 aliphatic carbocycles. The van der Waals surface area contributed by atoms with Gasteiger partial charge >= 0.3 is 6.18 Å². The normalized spacial score (nSPS) is 23.9. The number of hydrogen-bond acceptors (Lipinski definition) is 3. The number of halogens is 4. The Morgan fingerprint density at radius 2 is 1.79 bits per heavy atom. The van der Waals surface area contributed by atoms with E-state index in [1.807, 2.05) is 6.07 Å². The fourth-order valence-corrected chi connectivity index (χ4v) is 6.67. The SMILES string of the molecule is O=S(=O)(c1ccc(C(F)(F)F)cc1)N1C[C@H]2CC[C@H](NCc3cc4cc(F)ccc4[nH]3)[C@H]2C1. The molecular weight excluding hydrogens is 458 g/mol. The van der Waals surface area contributed by atoms with Crippen molar-refractivity contribution >= 4 is 20.9 Å². The second kappa shape index (κ2) is 8.11. The Morgan fingerprint density at radius 1 is 1.03 bits per heavy atom. The predicted molar refractivity (Wildman–Crippen MR) is 115 cm³/mol. The smallest absolute Gasteiger partial charge is 0.357 e. The highest BCUT2D eigenvalue weighted by Gasteiger charge is 2.46. The van der Waals surface area contributed by atoms with Gasteiger partial charge in [0.1, 0.15) is 5.82 Å². The number of sulfonamides is 1. The molecule has 2 aliphatic rings. The van der Waals surface area contributed by atoms with Crippen LogP contribution in [0.1, 0.15) is 24.1 Å². The third kappa shape index (κ3) is 4.27. The zero-order valence-electron chi connectivity index (χ0n) is 17.6. The van der Waals surface area contributed by atoms with E-state index in [1.54, 1.807) is 6.07 Å². The molecule has 10 heteroatoms. The molecule has 0 unspecified atom stereocenters. The molecule has 1 aliphatic heterocycles. The highest BCUT2D eigenvalue weighted by molar-refractivity contribution is 7.89. The number of nitrogens with zero attached hydrogens (tertiary/aromatic N) is 1. The molecule has 0 bridgehead atoms. The Bertz CT molecular complexity index is 1270. The van der Waals surface area contributed by atoms with E-state index in [1.165, 1.54) is 16.4 Å². The van der Waals surface area contributed by atoms with Gasteiger partial charge in [-0.25, -0.2) is 12.8 Å². The molecule has 2 heterocycles. The molecule has 33 heavy (non-hydrogen) atoms. The fraction of sp³-hybridized carbons (Fsp3) is 0.391. The number of rotatable bonds is 5. The topological polar surface area (TPSA) is 65.2 Å². The van der Waals surface area contributed by atoms with Crippen molar-refractivity contribution in [1.82, 2.24) is 14.6 Å². The Balaban J connectivity index is 1.25. The van der Waals surface area contributed by atoms with E-state index >= 15 is 0 Å². The molecule has 3 aromatic rings. The van der Waals surface area contributed by atoms with Crippen LogP contribution in [-0.4, -0.2) is 36.8 Å². The minimum absolute atomic E-state index is 0.120. The molecule has 3 atom stereocenters. The van der Waals surface area contributed by atoms with Crippen molar-refractivity contribution in [1.29, 1.82) is 0 Å². The van der Waals surface area contributed by atoms with E-state index < -0.39 is 21.8 Å². The average molecular weight is 482 g/mol. The summed E-state index contributed by atoms with van der Waals surface area (Å²) in [5.74, 6) is 0.0551. The summed E-state index contributed by atoms with van der Waals surface area (Å²) >= 11 is 0. The highest BCUT2D eigenvalue weighted by Crippen LogP contribution is 2.40. The number of benzene rings is 2. The lowest BCUT2D eigenvalue weighted by atomic mass is 9.98. The Kier molecular flexibility index (Phi) is 5.49. The summed E-state index contributed by atoms with van der Waals surface area (Å²) in [6.45, 7) is 1.26. The van der Waals surface area contributed by atoms with Crippen molar-refractivity contribution < 1.29 is 26.0 Å². The molecule has 2 fully saturated rings. The van der Waals surface area contributed by atoms with Gasteiger partial charge in [-0.2, -0.15) is 17.5 Å². The van der Waals surface area contributed by atoms with E-state index in [-0.39, 0.29) is 28.6 Å². The number of alkyl halides is 3. The Morgan fingerprint density at radius 3 is 2.52 bits per heavy atom. The highest BCUT2D eigenvalue weighted by atomic mass is 32.2. The van der Waals surface area contributed by atoms with Crippen LogP contribution < -0.4 is 5.32 Å².